The topological polar surface area (TPSA) is 70.8 Å². The summed E-state index contributed by atoms with van der Waals surface area (Å²) in [6.07, 6.45) is 0.755. The standard InChI is InChI=1S/C20H26N2O4S/c1-14-9-18-16(11-20(23)26-19(18)10-15(14)2)12-21-4-6-22(7-5-21)17-3-8-27(24,25)13-17/h9-11,17H,3-8,12-13H2,1-2H3. The molecule has 0 radical (unpaired) electrons. The molecule has 1 aromatic heterocycles. The highest BCUT2D eigenvalue weighted by molar-refractivity contribution is 7.91. The van der Waals surface area contributed by atoms with Crippen molar-refractivity contribution in [2.24, 2.45) is 0 Å². The first-order valence-corrected chi connectivity index (χ1v) is 11.3. The number of hydrogen-bond donors (Lipinski definition) is 0. The van der Waals surface area contributed by atoms with Crippen molar-refractivity contribution in [1.29, 1.82) is 0 Å². The molecular formula is C20H26N2O4S. The highest BCUT2D eigenvalue weighted by Gasteiger charge is 2.33. The van der Waals surface area contributed by atoms with Crippen LogP contribution in [0.1, 0.15) is 23.1 Å². The second kappa shape index (κ2) is 7.04. The zero-order valence-corrected chi connectivity index (χ0v) is 16.7. The van der Waals surface area contributed by atoms with Gasteiger partial charge in [-0.25, -0.2) is 13.2 Å². The Morgan fingerprint density at radius 3 is 2.44 bits per heavy atom. The van der Waals surface area contributed by atoms with Gasteiger partial charge < -0.3 is 4.42 Å². The summed E-state index contributed by atoms with van der Waals surface area (Å²) in [7, 11) is -2.84. The lowest BCUT2D eigenvalue weighted by atomic mass is 10.0. The Bertz CT molecular complexity index is 1020. The van der Waals surface area contributed by atoms with E-state index in [0.717, 1.165) is 49.1 Å². The third-order valence-electron chi connectivity index (χ3n) is 5.97. The Balaban J connectivity index is 1.48. The number of nitrogens with zero attached hydrogens (tertiary/aromatic N) is 2. The second-order valence-corrected chi connectivity index (χ2v) is 10.1. The van der Waals surface area contributed by atoms with Gasteiger partial charge >= 0.3 is 5.63 Å². The highest BCUT2D eigenvalue weighted by atomic mass is 32.2. The van der Waals surface area contributed by atoms with Crippen molar-refractivity contribution in [1.82, 2.24) is 9.80 Å². The molecule has 7 heteroatoms. The zero-order valence-electron chi connectivity index (χ0n) is 15.9. The Hall–Kier alpha value is -1.70. The molecule has 1 unspecified atom stereocenters. The van der Waals surface area contributed by atoms with E-state index in [4.69, 9.17) is 4.42 Å². The van der Waals surface area contributed by atoms with Crippen molar-refractivity contribution in [3.63, 3.8) is 0 Å². The molecule has 2 aromatic rings. The van der Waals surface area contributed by atoms with Crippen LogP contribution in [0.5, 0.6) is 0 Å². The van der Waals surface area contributed by atoms with Crippen LogP contribution in [0, 0.1) is 13.8 Å². The van der Waals surface area contributed by atoms with Crippen molar-refractivity contribution in [3.05, 3.63) is 45.3 Å². The molecule has 1 atom stereocenters. The molecule has 0 amide bonds. The van der Waals surface area contributed by atoms with Crippen LogP contribution >= 0.6 is 0 Å². The molecule has 2 aliphatic heterocycles. The highest BCUT2D eigenvalue weighted by Crippen LogP contribution is 2.24. The molecule has 4 rings (SSSR count). The minimum atomic E-state index is -2.84. The summed E-state index contributed by atoms with van der Waals surface area (Å²) in [6, 6.07) is 5.82. The molecule has 2 fully saturated rings. The predicted octanol–water partition coefficient (Wildman–Crippen LogP) is 1.71. The molecular weight excluding hydrogens is 364 g/mol. The maximum Gasteiger partial charge on any atom is 0.336 e. The van der Waals surface area contributed by atoms with Gasteiger partial charge in [-0.15, -0.1) is 0 Å². The van der Waals surface area contributed by atoms with Gasteiger partial charge in [0.15, 0.2) is 9.84 Å². The molecule has 27 heavy (non-hydrogen) atoms. The van der Waals surface area contributed by atoms with E-state index in [1.54, 1.807) is 6.07 Å². The molecule has 2 aliphatic rings. The summed E-state index contributed by atoms with van der Waals surface area (Å²) in [5, 5.41) is 1.00. The van der Waals surface area contributed by atoms with Crippen molar-refractivity contribution >= 4 is 20.8 Å². The van der Waals surface area contributed by atoms with Gasteiger partial charge in [0.25, 0.3) is 0 Å². The van der Waals surface area contributed by atoms with Crippen molar-refractivity contribution in [2.45, 2.75) is 32.9 Å². The van der Waals surface area contributed by atoms with Crippen LogP contribution in [0.15, 0.2) is 27.4 Å². The number of fused-ring (bicyclic) bond motifs is 1. The van der Waals surface area contributed by atoms with Gasteiger partial charge in [0.05, 0.1) is 11.5 Å². The van der Waals surface area contributed by atoms with Crippen LogP contribution in [0.4, 0.5) is 0 Å². The fourth-order valence-electron chi connectivity index (χ4n) is 4.20. The van der Waals surface area contributed by atoms with E-state index in [2.05, 4.69) is 22.8 Å². The lowest BCUT2D eigenvalue weighted by Gasteiger charge is -2.37. The summed E-state index contributed by atoms with van der Waals surface area (Å²) in [5.74, 6) is 0.623. The Morgan fingerprint density at radius 2 is 1.78 bits per heavy atom. The average Bonchev–Trinajstić information content (AvgIpc) is 2.97. The summed E-state index contributed by atoms with van der Waals surface area (Å²) in [4.78, 5) is 16.6. The number of aryl methyl sites for hydroxylation is 2. The van der Waals surface area contributed by atoms with Gasteiger partial charge in [0.2, 0.25) is 0 Å². The fourth-order valence-corrected chi connectivity index (χ4v) is 5.97. The predicted molar refractivity (Wildman–Crippen MR) is 106 cm³/mol. The minimum absolute atomic E-state index is 0.173. The summed E-state index contributed by atoms with van der Waals surface area (Å²) >= 11 is 0. The van der Waals surface area contributed by atoms with Crippen LogP contribution in [0.25, 0.3) is 11.0 Å². The maximum atomic E-state index is 12.0. The van der Waals surface area contributed by atoms with E-state index in [1.807, 2.05) is 13.0 Å². The normalized spacial score (nSPS) is 23.9. The van der Waals surface area contributed by atoms with Gasteiger partial charge in [-0.2, -0.15) is 0 Å². The Labute approximate surface area is 159 Å². The first-order valence-electron chi connectivity index (χ1n) is 9.51. The number of hydrogen-bond acceptors (Lipinski definition) is 6. The van der Waals surface area contributed by atoms with Gasteiger partial charge in [-0.05, 0) is 49.1 Å². The van der Waals surface area contributed by atoms with Crippen molar-refractivity contribution in [3.8, 4) is 0 Å². The summed E-state index contributed by atoms with van der Waals surface area (Å²) < 4.78 is 28.8. The van der Waals surface area contributed by atoms with Gasteiger partial charge in [0, 0.05) is 50.2 Å². The molecule has 0 N–H and O–H groups in total. The first-order chi connectivity index (χ1) is 12.8. The van der Waals surface area contributed by atoms with Gasteiger partial charge in [0.1, 0.15) is 5.58 Å². The van der Waals surface area contributed by atoms with E-state index in [1.165, 1.54) is 5.56 Å². The molecule has 146 valence electrons. The van der Waals surface area contributed by atoms with E-state index in [0.29, 0.717) is 23.6 Å². The van der Waals surface area contributed by atoms with Crippen LogP contribution in [-0.2, 0) is 16.4 Å². The SMILES string of the molecule is Cc1cc2oc(=O)cc(CN3CCN(C4CCS(=O)(=O)C4)CC3)c2cc1C. The van der Waals surface area contributed by atoms with E-state index < -0.39 is 9.84 Å². The Kier molecular flexibility index (Phi) is 4.86. The lowest BCUT2D eigenvalue weighted by molar-refractivity contribution is 0.100. The number of rotatable bonds is 3. The van der Waals surface area contributed by atoms with Crippen LogP contribution in [0.3, 0.4) is 0 Å². The monoisotopic (exact) mass is 390 g/mol. The van der Waals surface area contributed by atoms with Gasteiger partial charge in [-0.1, -0.05) is 0 Å². The van der Waals surface area contributed by atoms with E-state index in [9.17, 15) is 13.2 Å². The summed E-state index contributed by atoms with van der Waals surface area (Å²) in [6.45, 7) is 8.30. The quantitative estimate of drug-likeness (QED) is 0.743. The third-order valence-corrected chi connectivity index (χ3v) is 7.72. The fraction of sp³-hybridized carbons (Fsp3) is 0.550. The number of benzene rings is 1. The average molecular weight is 391 g/mol. The molecule has 6 nitrogen and oxygen atoms in total. The van der Waals surface area contributed by atoms with Crippen LogP contribution in [0.2, 0.25) is 0 Å². The first kappa shape index (κ1) is 18.7. The van der Waals surface area contributed by atoms with Crippen molar-refractivity contribution < 1.29 is 12.8 Å². The molecule has 1 aromatic carbocycles. The van der Waals surface area contributed by atoms with E-state index in [-0.39, 0.29) is 11.7 Å². The molecule has 0 saturated carbocycles. The van der Waals surface area contributed by atoms with Crippen LogP contribution < -0.4 is 5.63 Å². The molecule has 3 heterocycles. The Morgan fingerprint density at radius 1 is 1.07 bits per heavy atom. The molecule has 0 spiro atoms. The summed E-state index contributed by atoms with van der Waals surface area (Å²) in [5.41, 5.74) is 3.64. The smallest absolute Gasteiger partial charge is 0.336 e. The third kappa shape index (κ3) is 3.95. The minimum Gasteiger partial charge on any atom is -0.423 e. The molecule has 0 bridgehead atoms. The van der Waals surface area contributed by atoms with Gasteiger partial charge in [-0.3, -0.25) is 9.80 Å². The van der Waals surface area contributed by atoms with Crippen molar-refractivity contribution in [2.75, 3.05) is 37.7 Å². The molecule has 0 aliphatic carbocycles. The maximum absolute atomic E-state index is 12.0. The lowest BCUT2D eigenvalue weighted by Crippen LogP contribution is -2.50. The molecule has 2 saturated heterocycles. The number of piperazine rings is 1. The largest absolute Gasteiger partial charge is 0.423 e. The van der Waals surface area contributed by atoms with Crippen LogP contribution in [-0.4, -0.2) is 61.9 Å². The zero-order chi connectivity index (χ0) is 19.2. The number of sulfone groups is 1. The van der Waals surface area contributed by atoms with E-state index >= 15 is 0 Å². The second-order valence-electron chi connectivity index (χ2n) is 7.89.